The lowest BCUT2D eigenvalue weighted by Gasteiger charge is -2.11. The van der Waals surface area contributed by atoms with Gasteiger partial charge >= 0.3 is 0 Å². The standard InChI is InChI=1S/C10H9N3O2S2/c14-7-3-5(4-11-7)13-9(15)6-1-2-17-8(6)12-10(13)16/h1-2,5H,3-4H2,(H,11,14)(H,12,16). The molecule has 5 nitrogen and oxygen atoms in total. The highest BCUT2D eigenvalue weighted by Gasteiger charge is 2.25. The van der Waals surface area contributed by atoms with Crippen LogP contribution in [-0.2, 0) is 4.79 Å². The minimum absolute atomic E-state index is 0.0401. The summed E-state index contributed by atoms with van der Waals surface area (Å²) in [4.78, 5) is 27.3. The zero-order chi connectivity index (χ0) is 12.0. The summed E-state index contributed by atoms with van der Waals surface area (Å²) in [6, 6.07) is 1.59. The smallest absolute Gasteiger partial charge is 0.263 e. The highest BCUT2D eigenvalue weighted by atomic mass is 32.1. The second-order valence-corrected chi connectivity index (χ2v) is 5.23. The number of amides is 1. The van der Waals surface area contributed by atoms with E-state index in [1.54, 1.807) is 6.07 Å². The molecule has 0 spiro atoms. The monoisotopic (exact) mass is 267 g/mol. The van der Waals surface area contributed by atoms with Gasteiger partial charge in [0, 0.05) is 13.0 Å². The Morgan fingerprint density at radius 3 is 3.00 bits per heavy atom. The first-order valence-electron chi connectivity index (χ1n) is 5.15. The van der Waals surface area contributed by atoms with Crippen LogP contribution in [0.4, 0.5) is 0 Å². The largest absolute Gasteiger partial charge is 0.354 e. The number of nitrogens with zero attached hydrogens (tertiary/aromatic N) is 1. The van der Waals surface area contributed by atoms with Crippen LogP contribution in [0.3, 0.4) is 0 Å². The summed E-state index contributed by atoms with van der Waals surface area (Å²) in [5.41, 5.74) is -0.119. The number of aromatic amines is 1. The molecule has 7 heteroatoms. The van der Waals surface area contributed by atoms with Crippen molar-refractivity contribution in [3.63, 3.8) is 0 Å². The Bertz CT molecular complexity index is 712. The maximum absolute atomic E-state index is 12.2. The number of hydrogen-bond donors (Lipinski definition) is 2. The Kier molecular flexibility index (Phi) is 2.37. The third-order valence-corrected chi connectivity index (χ3v) is 4.00. The van der Waals surface area contributed by atoms with Crippen LogP contribution in [0, 0.1) is 4.77 Å². The second-order valence-electron chi connectivity index (χ2n) is 3.93. The van der Waals surface area contributed by atoms with Gasteiger partial charge < -0.3 is 10.3 Å². The molecule has 1 unspecified atom stereocenters. The van der Waals surface area contributed by atoms with E-state index >= 15 is 0 Å². The van der Waals surface area contributed by atoms with Crippen LogP contribution in [-0.4, -0.2) is 22.0 Å². The summed E-state index contributed by atoms with van der Waals surface area (Å²) in [5.74, 6) is -0.0401. The minimum atomic E-state index is -0.178. The van der Waals surface area contributed by atoms with Crippen molar-refractivity contribution >= 4 is 39.7 Å². The molecule has 17 heavy (non-hydrogen) atoms. The van der Waals surface area contributed by atoms with E-state index in [2.05, 4.69) is 10.3 Å². The van der Waals surface area contributed by atoms with Crippen LogP contribution in [0.2, 0.25) is 0 Å². The number of H-pyrrole nitrogens is 1. The lowest BCUT2D eigenvalue weighted by atomic mass is 10.2. The Balaban J connectivity index is 2.25. The van der Waals surface area contributed by atoms with Gasteiger partial charge in [-0.1, -0.05) is 0 Å². The van der Waals surface area contributed by atoms with Crippen molar-refractivity contribution in [1.82, 2.24) is 14.9 Å². The zero-order valence-electron chi connectivity index (χ0n) is 8.73. The highest BCUT2D eigenvalue weighted by molar-refractivity contribution is 7.71. The van der Waals surface area contributed by atoms with Crippen LogP contribution >= 0.6 is 23.6 Å². The molecular formula is C10H9N3O2S2. The zero-order valence-corrected chi connectivity index (χ0v) is 10.4. The van der Waals surface area contributed by atoms with Gasteiger partial charge in [0.2, 0.25) is 5.91 Å². The molecule has 2 aromatic heterocycles. The van der Waals surface area contributed by atoms with Crippen molar-refractivity contribution in [2.24, 2.45) is 0 Å². The summed E-state index contributed by atoms with van der Waals surface area (Å²) < 4.78 is 1.88. The van der Waals surface area contributed by atoms with Crippen LogP contribution in [0.1, 0.15) is 12.5 Å². The number of thiophene rings is 1. The molecule has 1 saturated heterocycles. The molecule has 3 heterocycles. The molecule has 0 aliphatic carbocycles. The SMILES string of the molecule is O=C1CC(n2c(=S)[nH]c3sccc3c2=O)CN1. The van der Waals surface area contributed by atoms with E-state index in [4.69, 9.17) is 12.2 Å². The van der Waals surface area contributed by atoms with E-state index in [1.165, 1.54) is 15.9 Å². The van der Waals surface area contributed by atoms with Gasteiger partial charge in [0.1, 0.15) is 4.83 Å². The van der Waals surface area contributed by atoms with Crippen LogP contribution in [0.25, 0.3) is 10.2 Å². The summed E-state index contributed by atoms with van der Waals surface area (Å²) in [6.07, 6.45) is 0.313. The number of carbonyl (C=O) groups is 1. The number of rotatable bonds is 1. The molecule has 0 aromatic carbocycles. The summed E-state index contributed by atoms with van der Waals surface area (Å²) in [6.45, 7) is 0.464. The van der Waals surface area contributed by atoms with Crippen molar-refractivity contribution in [3.05, 3.63) is 26.6 Å². The normalized spacial score (nSPS) is 19.8. The van der Waals surface area contributed by atoms with E-state index in [-0.39, 0.29) is 17.5 Å². The van der Waals surface area contributed by atoms with E-state index in [0.29, 0.717) is 23.1 Å². The third kappa shape index (κ3) is 1.62. The first-order valence-corrected chi connectivity index (χ1v) is 6.44. The van der Waals surface area contributed by atoms with Crippen molar-refractivity contribution in [3.8, 4) is 0 Å². The number of carbonyl (C=O) groups excluding carboxylic acids is 1. The Morgan fingerprint density at radius 1 is 1.47 bits per heavy atom. The number of nitrogens with one attached hydrogen (secondary N) is 2. The van der Waals surface area contributed by atoms with Crippen LogP contribution in [0.5, 0.6) is 0 Å². The van der Waals surface area contributed by atoms with E-state index in [9.17, 15) is 9.59 Å². The van der Waals surface area contributed by atoms with Gasteiger partial charge in [0.25, 0.3) is 5.56 Å². The van der Waals surface area contributed by atoms with Crippen LogP contribution in [0.15, 0.2) is 16.2 Å². The maximum Gasteiger partial charge on any atom is 0.263 e. The van der Waals surface area contributed by atoms with E-state index < -0.39 is 0 Å². The van der Waals surface area contributed by atoms with Gasteiger partial charge in [-0.15, -0.1) is 11.3 Å². The fourth-order valence-electron chi connectivity index (χ4n) is 2.06. The van der Waals surface area contributed by atoms with E-state index in [1.807, 2.05) is 5.38 Å². The third-order valence-electron chi connectivity index (χ3n) is 2.87. The topological polar surface area (TPSA) is 66.9 Å². The predicted molar refractivity (Wildman–Crippen MR) is 67.9 cm³/mol. The van der Waals surface area contributed by atoms with Crippen LogP contribution < -0.4 is 10.9 Å². The summed E-state index contributed by atoms with van der Waals surface area (Å²) in [5, 5.41) is 5.18. The molecule has 1 atom stereocenters. The average molecular weight is 267 g/mol. The first-order chi connectivity index (χ1) is 8.16. The highest BCUT2D eigenvalue weighted by Crippen LogP contribution is 2.18. The van der Waals surface area contributed by atoms with Gasteiger partial charge in [-0.3, -0.25) is 14.2 Å². The molecule has 1 amide bonds. The lowest BCUT2D eigenvalue weighted by Crippen LogP contribution is -2.27. The molecule has 1 aliphatic heterocycles. The Morgan fingerprint density at radius 2 is 2.29 bits per heavy atom. The fourth-order valence-corrected chi connectivity index (χ4v) is 3.23. The minimum Gasteiger partial charge on any atom is -0.354 e. The molecule has 2 N–H and O–H groups in total. The fraction of sp³-hybridized carbons (Fsp3) is 0.300. The number of fused-ring (bicyclic) bond motifs is 1. The summed E-state index contributed by atoms with van der Waals surface area (Å²) >= 11 is 6.63. The van der Waals surface area contributed by atoms with Gasteiger partial charge in [0.05, 0.1) is 11.4 Å². The predicted octanol–water partition coefficient (Wildman–Crippen LogP) is 1.18. The molecule has 0 bridgehead atoms. The first kappa shape index (κ1) is 10.7. The maximum atomic E-state index is 12.2. The van der Waals surface area contributed by atoms with Crippen molar-refractivity contribution in [1.29, 1.82) is 0 Å². The van der Waals surface area contributed by atoms with Gasteiger partial charge in [-0.25, -0.2) is 0 Å². The number of aromatic nitrogens is 2. The molecule has 1 aliphatic rings. The second kappa shape index (κ2) is 3.78. The van der Waals surface area contributed by atoms with Gasteiger partial charge in [-0.05, 0) is 23.7 Å². The average Bonchev–Trinajstić information content (AvgIpc) is 2.87. The van der Waals surface area contributed by atoms with E-state index in [0.717, 1.165) is 4.83 Å². The van der Waals surface area contributed by atoms with Gasteiger partial charge in [-0.2, -0.15) is 0 Å². The number of hydrogen-bond acceptors (Lipinski definition) is 4. The van der Waals surface area contributed by atoms with Gasteiger partial charge in [0.15, 0.2) is 4.77 Å². The van der Waals surface area contributed by atoms with Crippen molar-refractivity contribution in [2.45, 2.75) is 12.5 Å². The van der Waals surface area contributed by atoms with Crippen molar-refractivity contribution in [2.75, 3.05) is 6.54 Å². The molecule has 1 fully saturated rings. The molecule has 0 radical (unpaired) electrons. The lowest BCUT2D eigenvalue weighted by molar-refractivity contribution is -0.119. The molecule has 3 rings (SSSR count). The molecule has 88 valence electrons. The molecule has 0 saturated carbocycles. The summed E-state index contributed by atoms with van der Waals surface area (Å²) in [7, 11) is 0. The quantitative estimate of drug-likeness (QED) is 0.762. The molecule has 2 aromatic rings. The Hall–Kier alpha value is -1.47. The van der Waals surface area contributed by atoms with Crippen molar-refractivity contribution < 1.29 is 4.79 Å². The molecular weight excluding hydrogens is 258 g/mol. The Labute approximate surface area is 105 Å².